The van der Waals surface area contributed by atoms with E-state index in [0.29, 0.717) is 151 Å². The number of hydrogen-bond donors (Lipinski definition) is 2. The molecule has 3 N–H and O–H groups in total. The molecule has 2 atom stereocenters. The van der Waals surface area contributed by atoms with Crippen LogP contribution in [0.15, 0.2) is 24.3 Å². The van der Waals surface area contributed by atoms with Gasteiger partial charge < -0.3 is 58.4 Å². The Morgan fingerprint density at radius 1 is 0.513 bits per heavy atom. The van der Waals surface area contributed by atoms with Crippen LogP contribution in [0.5, 0.6) is 0 Å². The van der Waals surface area contributed by atoms with Crippen LogP contribution in [0.25, 0.3) is 0 Å². The highest BCUT2D eigenvalue weighted by Crippen LogP contribution is 2.19. The minimum Gasteiger partial charge on any atom is -0.459 e. The molecule has 1 aromatic rings. The van der Waals surface area contributed by atoms with Gasteiger partial charge in [-0.2, -0.15) is 0 Å². The number of amides is 1. The fourth-order valence-corrected chi connectivity index (χ4v) is 8.09. The molecule has 1 aromatic carbocycles. The second kappa shape index (κ2) is 37.2. The van der Waals surface area contributed by atoms with Crippen molar-refractivity contribution >= 4 is 29.8 Å². The number of aryl methyl sites for hydroxylation is 1. The summed E-state index contributed by atoms with van der Waals surface area (Å²) in [5.74, 6) is -1.79. The zero-order chi connectivity index (χ0) is 58.2. The SMILES string of the molecule is COCCOCCOCCOCCOCCOCCNC(=O)[C@@H](N)CCCc1ccc(CC2CN(CC(=O)OC(C)(C)C)CCN(CC(=O)OC(C)(C)C)CCN(CC(=O)OC(C)(C)C)CCN2CC(=O)OC(C)(C)C)cc1. The van der Waals surface area contributed by atoms with Gasteiger partial charge in [0.15, 0.2) is 0 Å². The van der Waals surface area contributed by atoms with E-state index in [1.54, 1.807) is 7.11 Å². The van der Waals surface area contributed by atoms with Gasteiger partial charge in [0.25, 0.3) is 0 Å². The molecule has 1 aliphatic heterocycles. The van der Waals surface area contributed by atoms with Crippen molar-refractivity contribution in [1.29, 1.82) is 0 Å². The van der Waals surface area contributed by atoms with Gasteiger partial charge >= 0.3 is 23.9 Å². The molecule has 0 saturated carbocycles. The van der Waals surface area contributed by atoms with Crippen molar-refractivity contribution in [3.8, 4) is 0 Å². The van der Waals surface area contributed by atoms with Crippen molar-refractivity contribution < 1.29 is 71.3 Å². The van der Waals surface area contributed by atoms with Gasteiger partial charge in [-0.1, -0.05) is 24.3 Å². The monoisotopic (exact) mass is 1110 g/mol. The molecule has 21 heteroatoms. The summed E-state index contributed by atoms with van der Waals surface area (Å²) in [7, 11) is 1.63. The van der Waals surface area contributed by atoms with E-state index in [-0.39, 0.29) is 50.1 Å². The predicted octanol–water partition coefficient (Wildman–Crippen LogP) is 3.68. The smallest absolute Gasteiger partial charge is 0.320 e. The number of rotatable bonds is 33. The largest absolute Gasteiger partial charge is 0.459 e. The van der Waals surface area contributed by atoms with Gasteiger partial charge in [0, 0.05) is 65.5 Å². The number of ether oxygens (including phenoxy) is 10. The highest BCUT2D eigenvalue weighted by Gasteiger charge is 2.31. The Hall–Kier alpha value is -3.87. The standard InChI is InChI=1S/C57H102N6O15/c1-54(2,3)75-49(64)41-60-22-23-61(42-50(65)76-55(4,5)6)26-27-63(44-52(67)78-57(10,11)12)47(40-62(25-24-60)43-51(66)77-56(7,8)9)39-46-19-17-45(18-20-46)15-14-16-48(58)53(68)59-21-28-70-31-32-72-35-36-74-38-37-73-34-33-71-30-29-69-13/h17-20,47-48H,14-16,21-44,58H2,1-13H3,(H,59,68)/t47?,48-/m0/s1. The normalized spacial score (nSPS) is 16.7. The molecule has 0 bridgehead atoms. The van der Waals surface area contributed by atoms with Crippen molar-refractivity contribution in [3.63, 3.8) is 0 Å². The highest BCUT2D eigenvalue weighted by atomic mass is 16.6. The summed E-state index contributed by atoms with van der Waals surface area (Å²) in [5.41, 5.74) is 5.55. The molecular weight excluding hydrogens is 1010 g/mol. The van der Waals surface area contributed by atoms with Crippen molar-refractivity contribution in [1.82, 2.24) is 24.9 Å². The van der Waals surface area contributed by atoms with E-state index in [1.807, 2.05) is 97.8 Å². The lowest BCUT2D eigenvalue weighted by Crippen LogP contribution is -2.54. The van der Waals surface area contributed by atoms with Crippen LogP contribution in [-0.4, -0.2) is 242 Å². The number of nitrogens with one attached hydrogen (secondary N) is 1. The molecule has 1 saturated heterocycles. The lowest BCUT2D eigenvalue weighted by atomic mass is 9.99. The van der Waals surface area contributed by atoms with Crippen molar-refractivity contribution in [3.05, 3.63) is 35.4 Å². The molecule has 1 unspecified atom stereocenters. The van der Waals surface area contributed by atoms with Crippen molar-refractivity contribution in [2.75, 3.05) is 158 Å². The van der Waals surface area contributed by atoms with E-state index >= 15 is 0 Å². The summed E-state index contributed by atoms with van der Waals surface area (Å²) in [6.45, 7) is 30.0. The maximum absolute atomic E-state index is 13.7. The Labute approximate surface area is 467 Å². The molecule has 0 spiro atoms. The van der Waals surface area contributed by atoms with Crippen LogP contribution >= 0.6 is 0 Å². The molecule has 0 aromatic heterocycles. The molecule has 0 aliphatic carbocycles. The van der Waals surface area contributed by atoms with Gasteiger partial charge in [0.2, 0.25) is 5.91 Å². The Morgan fingerprint density at radius 3 is 1.29 bits per heavy atom. The fourth-order valence-electron chi connectivity index (χ4n) is 8.09. The first-order valence-corrected chi connectivity index (χ1v) is 27.9. The fraction of sp³-hybridized carbons (Fsp3) is 0.807. The molecule has 1 aliphatic rings. The Morgan fingerprint density at radius 2 is 0.872 bits per heavy atom. The third kappa shape index (κ3) is 37.1. The topological polar surface area (TPSA) is 229 Å². The number of hydrogen-bond acceptors (Lipinski definition) is 20. The maximum Gasteiger partial charge on any atom is 0.320 e. The van der Waals surface area contributed by atoms with Crippen LogP contribution in [0.3, 0.4) is 0 Å². The number of carbonyl (C=O) groups excluding carboxylic acids is 5. The molecule has 1 heterocycles. The van der Waals surface area contributed by atoms with E-state index in [9.17, 15) is 24.0 Å². The van der Waals surface area contributed by atoms with Crippen LogP contribution in [0.2, 0.25) is 0 Å². The number of carbonyl (C=O) groups is 5. The van der Waals surface area contributed by atoms with E-state index in [2.05, 4.69) is 34.5 Å². The summed E-state index contributed by atoms with van der Waals surface area (Å²) in [6.07, 6.45) is 2.40. The first kappa shape index (κ1) is 70.2. The molecule has 0 radical (unpaired) electrons. The Kier molecular flexibility index (Phi) is 33.5. The molecule has 1 amide bonds. The van der Waals surface area contributed by atoms with Gasteiger partial charge in [-0.05, 0) is 120 Å². The summed E-state index contributed by atoms with van der Waals surface area (Å²) < 4.78 is 55.5. The molecule has 78 heavy (non-hydrogen) atoms. The lowest BCUT2D eigenvalue weighted by Gasteiger charge is -2.39. The van der Waals surface area contributed by atoms with Crippen LogP contribution in [0.4, 0.5) is 0 Å². The van der Waals surface area contributed by atoms with Gasteiger partial charge in [-0.15, -0.1) is 0 Å². The van der Waals surface area contributed by atoms with Crippen LogP contribution in [0.1, 0.15) is 107 Å². The summed E-state index contributed by atoms with van der Waals surface area (Å²) in [4.78, 5) is 74.8. The van der Waals surface area contributed by atoms with E-state index in [4.69, 9.17) is 53.1 Å². The second-order valence-electron chi connectivity index (χ2n) is 23.6. The summed E-state index contributed by atoms with van der Waals surface area (Å²) in [6, 6.07) is 7.28. The summed E-state index contributed by atoms with van der Waals surface area (Å²) in [5, 5.41) is 2.86. The highest BCUT2D eigenvalue weighted by molar-refractivity contribution is 5.81. The minimum atomic E-state index is -0.729. The number of methoxy groups -OCH3 is 1. The molecule has 2 rings (SSSR count). The zero-order valence-electron chi connectivity index (χ0n) is 50.0. The van der Waals surface area contributed by atoms with Gasteiger partial charge in [-0.3, -0.25) is 43.6 Å². The lowest BCUT2D eigenvalue weighted by molar-refractivity contribution is -0.160. The Bertz CT molecular complexity index is 1850. The van der Waals surface area contributed by atoms with E-state index < -0.39 is 40.4 Å². The molecule has 450 valence electrons. The number of benzene rings is 1. The first-order chi connectivity index (χ1) is 36.6. The zero-order valence-corrected chi connectivity index (χ0v) is 50.0. The molecule has 21 nitrogen and oxygen atoms in total. The van der Waals surface area contributed by atoms with Crippen LogP contribution < -0.4 is 11.1 Å². The number of esters is 4. The first-order valence-electron chi connectivity index (χ1n) is 27.9. The summed E-state index contributed by atoms with van der Waals surface area (Å²) >= 11 is 0. The Balaban J connectivity index is 2.14. The minimum absolute atomic E-state index is 0.0000640. The third-order valence-electron chi connectivity index (χ3n) is 11.5. The average molecular weight is 1110 g/mol. The molecule has 1 fully saturated rings. The van der Waals surface area contributed by atoms with Gasteiger partial charge in [-0.25, -0.2) is 0 Å². The van der Waals surface area contributed by atoms with Crippen molar-refractivity contribution in [2.45, 2.75) is 143 Å². The maximum atomic E-state index is 13.7. The quantitative estimate of drug-likeness (QED) is 0.0581. The molecular formula is C57H102N6O15. The second-order valence-corrected chi connectivity index (χ2v) is 23.6. The van der Waals surface area contributed by atoms with Crippen LogP contribution in [0, 0.1) is 0 Å². The van der Waals surface area contributed by atoms with E-state index in [1.165, 1.54) is 0 Å². The third-order valence-corrected chi connectivity index (χ3v) is 11.5. The number of nitrogens with zero attached hydrogens (tertiary/aromatic N) is 4. The number of nitrogens with two attached hydrogens (primary N) is 1. The average Bonchev–Trinajstić information content (AvgIpc) is 3.30. The van der Waals surface area contributed by atoms with Crippen LogP contribution in [-0.2, 0) is 84.2 Å². The van der Waals surface area contributed by atoms with Crippen molar-refractivity contribution in [2.24, 2.45) is 5.73 Å². The predicted molar refractivity (Wildman–Crippen MR) is 298 cm³/mol. The van der Waals surface area contributed by atoms with Gasteiger partial charge in [0.05, 0.1) is 105 Å². The van der Waals surface area contributed by atoms with E-state index in [0.717, 1.165) is 11.1 Å². The van der Waals surface area contributed by atoms with Gasteiger partial charge in [0.1, 0.15) is 22.4 Å².